The van der Waals surface area contributed by atoms with E-state index < -0.39 is 5.41 Å². The summed E-state index contributed by atoms with van der Waals surface area (Å²) in [5, 5.41) is 10.5. The summed E-state index contributed by atoms with van der Waals surface area (Å²) in [4.78, 5) is 2.37. The average Bonchev–Trinajstić information content (AvgIpc) is 2.89. The van der Waals surface area contributed by atoms with Crippen LogP contribution in [0.1, 0.15) is 70.4 Å². The number of hydrogen-bond acceptors (Lipinski definition) is 4. The summed E-state index contributed by atoms with van der Waals surface area (Å²) in [5.41, 5.74) is 3.25. The largest absolute Gasteiger partial charge is 0.497 e. The number of allylic oxidation sites excluding steroid dienone is 2. The second-order valence-electron chi connectivity index (χ2n) is 10.4. The number of nitriles is 1. The molecule has 0 radical (unpaired) electrons. The lowest BCUT2D eigenvalue weighted by molar-refractivity contribution is 0.304. The van der Waals surface area contributed by atoms with Gasteiger partial charge in [-0.2, -0.15) is 5.26 Å². The molecule has 0 saturated heterocycles. The topological polar surface area (TPSA) is 45.5 Å². The van der Waals surface area contributed by atoms with E-state index in [0.717, 1.165) is 75.1 Å². The molecular weight excluding hydrogens is 444 g/mol. The van der Waals surface area contributed by atoms with Crippen LogP contribution in [0.3, 0.4) is 0 Å². The van der Waals surface area contributed by atoms with Crippen molar-refractivity contribution in [3.63, 3.8) is 0 Å². The van der Waals surface area contributed by atoms with Crippen molar-refractivity contribution in [3.8, 4) is 17.6 Å². The molecule has 0 spiro atoms. The Balaban J connectivity index is 2.02. The predicted molar refractivity (Wildman–Crippen MR) is 151 cm³/mol. The van der Waals surface area contributed by atoms with Gasteiger partial charge in [0.15, 0.2) is 0 Å². The van der Waals surface area contributed by atoms with E-state index in [2.05, 4.69) is 69.1 Å². The molecule has 0 aromatic heterocycles. The van der Waals surface area contributed by atoms with Gasteiger partial charge in [0, 0.05) is 6.54 Å². The first kappa shape index (κ1) is 29.5. The molecule has 0 saturated carbocycles. The van der Waals surface area contributed by atoms with Crippen molar-refractivity contribution in [1.82, 2.24) is 4.90 Å². The molecule has 2 unspecified atom stereocenters. The van der Waals surface area contributed by atoms with Crippen LogP contribution >= 0.6 is 0 Å². The van der Waals surface area contributed by atoms with Gasteiger partial charge in [0.2, 0.25) is 0 Å². The van der Waals surface area contributed by atoms with Gasteiger partial charge in [-0.05, 0) is 114 Å². The number of hydrogen-bond donors (Lipinski definition) is 0. The third kappa shape index (κ3) is 9.70. The Kier molecular flexibility index (Phi) is 12.6. The van der Waals surface area contributed by atoms with Crippen molar-refractivity contribution in [3.05, 3.63) is 71.3 Å². The van der Waals surface area contributed by atoms with Crippen LogP contribution in [-0.2, 0) is 11.8 Å². The molecule has 0 N–H and O–H groups in total. The maximum absolute atomic E-state index is 10.5. The van der Waals surface area contributed by atoms with Crippen LogP contribution in [-0.4, -0.2) is 39.3 Å². The lowest BCUT2D eigenvalue weighted by Gasteiger charge is -2.30. The first-order valence-electron chi connectivity index (χ1n) is 13.3. The molecular formula is C32H46N2O2. The standard InChI is InChI=1S/C32H46N2O2/c1-26(2)11-7-12-27(3)17-20-32(25-33,29-14-9-16-31(24-29)36-6)19-10-21-34(4)22-18-28-13-8-15-30(23-28)35-5/h8-9,11,13-16,23-24,27H,7,10,12,17-22H2,1-6H3. The fraction of sp³-hybridized carbons (Fsp3) is 0.531. The predicted octanol–water partition coefficient (Wildman–Crippen LogP) is 7.58. The Labute approximate surface area is 219 Å². The van der Waals surface area contributed by atoms with Gasteiger partial charge in [-0.25, -0.2) is 0 Å². The van der Waals surface area contributed by atoms with Crippen LogP contribution < -0.4 is 9.47 Å². The molecule has 0 aliphatic rings. The maximum Gasteiger partial charge on any atom is 0.119 e. The summed E-state index contributed by atoms with van der Waals surface area (Å²) in [5.74, 6) is 2.31. The van der Waals surface area contributed by atoms with Crippen molar-refractivity contribution >= 4 is 0 Å². The van der Waals surface area contributed by atoms with Gasteiger partial charge in [-0.15, -0.1) is 0 Å². The molecule has 2 rings (SSSR count). The Hall–Kier alpha value is -2.77. The van der Waals surface area contributed by atoms with Crippen molar-refractivity contribution in [2.45, 2.75) is 71.1 Å². The number of ether oxygens (including phenoxy) is 2. The van der Waals surface area contributed by atoms with Crippen molar-refractivity contribution in [2.75, 3.05) is 34.4 Å². The highest BCUT2D eigenvalue weighted by Crippen LogP contribution is 2.37. The molecule has 4 nitrogen and oxygen atoms in total. The fourth-order valence-corrected chi connectivity index (χ4v) is 4.71. The lowest BCUT2D eigenvalue weighted by atomic mass is 9.73. The summed E-state index contributed by atoms with van der Waals surface area (Å²) < 4.78 is 10.8. The average molecular weight is 491 g/mol. The highest BCUT2D eigenvalue weighted by molar-refractivity contribution is 5.38. The second kappa shape index (κ2) is 15.4. The summed E-state index contributed by atoms with van der Waals surface area (Å²) in [6, 6.07) is 19.2. The highest BCUT2D eigenvalue weighted by Gasteiger charge is 2.32. The summed E-state index contributed by atoms with van der Waals surface area (Å²) in [6.07, 6.45) is 9.32. The maximum atomic E-state index is 10.5. The van der Waals surface area contributed by atoms with E-state index in [1.54, 1.807) is 14.2 Å². The Morgan fingerprint density at radius 1 is 1.00 bits per heavy atom. The molecule has 0 heterocycles. The van der Waals surface area contributed by atoms with E-state index >= 15 is 0 Å². The van der Waals surface area contributed by atoms with Gasteiger partial charge >= 0.3 is 0 Å². The van der Waals surface area contributed by atoms with E-state index in [1.165, 1.54) is 11.1 Å². The smallest absolute Gasteiger partial charge is 0.119 e. The Morgan fingerprint density at radius 3 is 2.36 bits per heavy atom. The van der Waals surface area contributed by atoms with Gasteiger partial charge in [0.25, 0.3) is 0 Å². The minimum atomic E-state index is -0.493. The number of rotatable bonds is 16. The van der Waals surface area contributed by atoms with E-state index in [0.29, 0.717) is 5.92 Å². The van der Waals surface area contributed by atoms with Gasteiger partial charge < -0.3 is 14.4 Å². The number of benzene rings is 2. The molecule has 36 heavy (non-hydrogen) atoms. The Morgan fingerprint density at radius 2 is 1.69 bits per heavy atom. The van der Waals surface area contributed by atoms with Crippen molar-refractivity contribution in [2.24, 2.45) is 5.92 Å². The Bertz CT molecular complexity index is 990. The summed E-state index contributed by atoms with van der Waals surface area (Å²) >= 11 is 0. The van der Waals surface area contributed by atoms with E-state index in [4.69, 9.17) is 9.47 Å². The first-order chi connectivity index (χ1) is 17.3. The zero-order chi connectivity index (χ0) is 26.4. The third-order valence-electron chi connectivity index (χ3n) is 7.17. The number of likely N-dealkylation sites (N-methyl/N-ethyl adjacent to an activating group) is 1. The van der Waals surface area contributed by atoms with Crippen LogP contribution in [0.5, 0.6) is 11.5 Å². The fourth-order valence-electron chi connectivity index (χ4n) is 4.71. The van der Waals surface area contributed by atoms with E-state index in [1.807, 2.05) is 24.3 Å². The van der Waals surface area contributed by atoms with Crippen LogP contribution in [0.4, 0.5) is 0 Å². The summed E-state index contributed by atoms with van der Waals surface area (Å²) in [7, 11) is 5.57. The van der Waals surface area contributed by atoms with E-state index in [-0.39, 0.29) is 0 Å². The summed E-state index contributed by atoms with van der Waals surface area (Å²) in [6.45, 7) is 8.57. The molecule has 4 heteroatoms. The lowest BCUT2D eigenvalue weighted by Crippen LogP contribution is -2.28. The minimum absolute atomic E-state index is 0.493. The molecule has 2 aromatic rings. The second-order valence-corrected chi connectivity index (χ2v) is 10.4. The molecule has 196 valence electrons. The van der Waals surface area contributed by atoms with Gasteiger partial charge in [-0.3, -0.25) is 0 Å². The van der Waals surface area contributed by atoms with E-state index in [9.17, 15) is 5.26 Å². The minimum Gasteiger partial charge on any atom is -0.497 e. The monoisotopic (exact) mass is 490 g/mol. The van der Waals surface area contributed by atoms with Gasteiger partial charge in [-0.1, -0.05) is 42.8 Å². The first-order valence-corrected chi connectivity index (χ1v) is 13.3. The number of methoxy groups -OCH3 is 2. The zero-order valence-corrected chi connectivity index (χ0v) is 23.3. The molecule has 0 bridgehead atoms. The van der Waals surface area contributed by atoms with Gasteiger partial charge in [0.1, 0.15) is 11.5 Å². The van der Waals surface area contributed by atoms with Crippen molar-refractivity contribution in [1.29, 1.82) is 5.26 Å². The van der Waals surface area contributed by atoms with Crippen LogP contribution in [0.15, 0.2) is 60.2 Å². The molecule has 2 atom stereocenters. The molecule has 0 fully saturated rings. The van der Waals surface area contributed by atoms with Crippen LogP contribution in [0.2, 0.25) is 0 Å². The van der Waals surface area contributed by atoms with Gasteiger partial charge in [0.05, 0.1) is 25.7 Å². The normalized spacial score (nSPS) is 13.5. The molecule has 0 aliphatic heterocycles. The van der Waals surface area contributed by atoms with Crippen LogP contribution in [0, 0.1) is 17.2 Å². The highest BCUT2D eigenvalue weighted by atomic mass is 16.5. The SMILES string of the molecule is COc1cccc(CCN(C)CCCC(C#N)(CCC(C)CCC=C(C)C)c2cccc(OC)c2)c1. The van der Waals surface area contributed by atoms with Crippen LogP contribution in [0.25, 0.3) is 0 Å². The quantitative estimate of drug-likeness (QED) is 0.227. The molecule has 2 aromatic carbocycles. The number of nitrogens with zero attached hydrogens (tertiary/aromatic N) is 2. The zero-order valence-electron chi connectivity index (χ0n) is 23.3. The molecule has 0 aliphatic carbocycles. The molecule has 0 amide bonds. The van der Waals surface area contributed by atoms with Crippen molar-refractivity contribution < 1.29 is 9.47 Å². The third-order valence-corrected chi connectivity index (χ3v) is 7.17.